The van der Waals surface area contributed by atoms with E-state index in [4.69, 9.17) is 0 Å². The minimum atomic E-state index is 0.650. The van der Waals surface area contributed by atoms with Crippen molar-refractivity contribution in [3.05, 3.63) is 12.4 Å². The summed E-state index contributed by atoms with van der Waals surface area (Å²) in [5.74, 6) is 1.88. The number of anilines is 1. The van der Waals surface area contributed by atoms with Gasteiger partial charge in [0, 0.05) is 31.5 Å². The quantitative estimate of drug-likeness (QED) is 0.885. The lowest BCUT2D eigenvalue weighted by atomic mass is 10.1. The second-order valence-electron chi connectivity index (χ2n) is 6.08. The van der Waals surface area contributed by atoms with Crippen LogP contribution < -0.4 is 5.32 Å². The van der Waals surface area contributed by atoms with Gasteiger partial charge in [-0.3, -0.25) is 0 Å². The Balaban J connectivity index is 1.57. The maximum Gasteiger partial charge on any atom is 0.202 e. The summed E-state index contributed by atoms with van der Waals surface area (Å²) in [6.07, 6.45) is 10.7. The first-order chi connectivity index (χ1) is 9.35. The number of hydrogen-bond donors (Lipinski definition) is 1. The van der Waals surface area contributed by atoms with Crippen molar-refractivity contribution in [2.75, 3.05) is 25.0 Å². The van der Waals surface area contributed by atoms with Crippen molar-refractivity contribution in [2.24, 2.45) is 5.92 Å². The van der Waals surface area contributed by atoms with Gasteiger partial charge in [0.05, 0.1) is 0 Å². The summed E-state index contributed by atoms with van der Waals surface area (Å²) >= 11 is 0. The number of hydrogen-bond acceptors (Lipinski definition) is 3. The highest BCUT2D eigenvalue weighted by Gasteiger charge is 2.23. The fraction of sp³-hybridized carbons (Fsp3) is 0.800. The van der Waals surface area contributed by atoms with Gasteiger partial charge in [0.2, 0.25) is 5.95 Å². The fourth-order valence-electron chi connectivity index (χ4n) is 3.48. The van der Waals surface area contributed by atoms with Crippen LogP contribution in [-0.2, 0) is 6.54 Å². The first-order valence-corrected chi connectivity index (χ1v) is 7.85. The Morgan fingerprint density at radius 2 is 2.16 bits per heavy atom. The molecule has 1 saturated heterocycles. The van der Waals surface area contributed by atoms with Crippen molar-refractivity contribution in [1.29, 1.82) is 0 Å². The molecule has 3 rings (SSSR count). The molecule has 19 heavy (non-hydrogen) atoms. The first kappa shape index (κ1) is 13.0. The second kappa shape index (κ2) is 5.95. The smallest absolute Gasteiger partial charge is 0.202 e. The van der Waals surface area contributed by atoms with Gasteiger partial charge in [-0.2, -0.15) is 0 Å². The standard InChI is InChI=1S/C15H26N4/c1-2-18-9-7-13(11-18)12-19-10-8-16-15(19)17-14-5-3-4-6-14/h8,10,13-14H,2-7,9,11-12H2,1H3,(H,16,17). The third-order valence-electron chi connectivity index (χ3n) is 4.68. The van der Waals surface area contributed by atoms with Crippen LogP contribution in [0.15, 0.2) is 12.4 Å². The van der Waals surface area contributed by atoms with Crippen LogP contribution in [0.2, 0.25) is 0 Å². The van der Waals surface area contributed by atoms with E-state index >= 15 is 0 Å². The summed E-state index contributed by atoms with van der Waals surface area (Å²) in [6, 6.07) is 0.650. The molecule has 0 bridgehead atoms. The predicted octanol–water partition coefficient (Wildman–Crippen LogP) is 2.58. The topological polar surface area (TPSA) is 33.1 Å². The number of likely N-dealkylation sites (tertiary alicyclic amines) is 1. The van der Waals surface area contributed by atoms with Crippen LogP contribution in [-0.4, -0.2) is 40.1 Å². The van der Waals surface area contributed by atoms with Gasteiger partial charge >= 0.3 is 0 Å². The van der Waals surface area contributed by atoms with Gasteiger partial charge in [0.1, 0.15) is 0 Å². The molecule has 106 valence electrons. The molecule has 4 nitrogen and oxygen atoms in total. The Hall–Kier alpha value is -1.03. The molecule has 1 atom stereocenters. The number of imidazole rings is 1. The summed E-state index contributed by atoms with van der Waals surface area (Å²) < 4.78 is 2.32. The maximum atomic E-state index is 4.50. The van der Waals surface area contributed by atoms with E-state index in [-0.39, 0.29) is 0 Å². The Labute approximate surface area is 116 Å². The van der Waals surface area contributed by atoms with Crippen LogP contribution in [0.25, 0.3) is 0 Å². The first-order valence-electron chi connectivity index (χ1n) is 7.85. The van der Waals surface area contributed by atoms with Crippen LogP contribution >= 0.6 is 0 Å². The van der Waals surface area contributed by atoms with Crippen molar-refractivity contribution in [3.63, 3.8) is 0 Å². The number of nitrogens with one attached hydrogen (secondary N) is 1. The molecular formula is C15H26N4. The Morgan fingerprint density at radius 3 is 2.89 bits per heavy atom. The summed E-state index contributed by atoms with van der Waals surface area (Å²) in [6.45, 7) is 7.07. The Morgan fingerprint density at radius 1 is 1.32 bits per heavy atom. The zero-order valence-corrected chi connectivity index (χ0v) is 12.0. The third-order valence-corrected chi connectivity index (χ3v) is 4.68. The van der Waals surface area contributed by atoms with Crippen molar-refractivity contribution in [3.8, 4) is 0 Å². The van der Waals surface area contributed by atoms with E-state index < -0.39 is 0 Å². The summed E-state index contributed by atoms with van der Waals surface area (Å²) in [5, 5.41) is 3.63. The average molecular weight is 262 g/mol. The highest BCUT2D eigenvalue weighted by Crippen LogP contribution is 2.23. The summed E-state index contributed by atoms with van der Waals surface area (Å²) in [5.41, 5.74) is 0. The molecule has 1 N–H and O–H groups in total. The highest BCUT2D eigenvalue weighted by atomic mass is 15.2. The molecule has 0 radical (unpaired) electrons. The van der Waals surface area contributed by atoms with E-state index in [0.717, 1.165) is 18.4 Å². The van der Waals surface area contributed by atoms with E-state index in [9.17, 15) is 0 Å². The monoisotopic (exact) mass is 262 g/mol. The van der Waals surface area contributed by atoms with Gasteiger partial charge < -0.3 is 14.8 Å². The van der Waals surface area contributed by atoms with E-state index in [1.807, 2.05) is 6.20 Å². The number of rotatable bonds is 5. The lowest BCUT2D eigenvalue weighted by Gasteiger charge is -2.17. The molecule has 2 heterocycles. The largest absolute Gasteiger partial charge is 0.353 e. The predicted molar refractivity (Wildman–Crippen MR) is 78.3 cm³/mol. The van der Waals surface area contributed by atoms with Crippen LogP contribution in [0, 0.1) is 5.92 Å². The van der Waals surface area contributed by atoms with E-state index in [1.54, 1.807) is 0 Å². The van der Waals surface area contributed by atoms with Crippen LogP contribution in [0.1, 0.15) is 39.0 Å². The van der Waals surface area contributed by atoms with Gasteiger partial charge in [-0.05, 0) is 38.3 Å². The molecule has 1 aliphatic heterocycles. The normalized spacial score (nSPS) is 25.2. The molecule has 1 aromatic heterocycles. The maximum absolute atomic E-state index is 4.50. The molecule has 1 aliphatic carbocycles. The minimum absolute atomic E-state index is 0.650. The lowest BCUT2D eigenvalue weighted by molar-refractivity contribution is 0.333. The minimum Gasteiger partial charge on any atom is -0.353 e. The van der Waals surface area contributed by atoms with E-state index in [1.165, 1.54) is 51.7 Å². The molecule has 1 saturated carbocycles. The zero-order valence-electron chi connectivity index (χ0n) is 12.0. The number of nitrogens with zero attached hydrogens (tertiary/aromatic N) is 3. The number of aromatic nitrogens is 2. The van der Waals surface area contributed by atoms with Crippen LogP contribution in [0.3, 0.4) is 0 Å². The van der Waals surface area contributed by atoms with Crippen molar-refractivity contribution < 1.29 is 0 Å². The second-order valence-corrected chi connectivity index (χ2v) is 6.08. The molecule has 1 unspecified atom stereocenters. The Kier molecular flexibility index (Phi) is 4.06. The third kappa shape index (κ3) is 3.11. The molecule has 0 spiro atoms. The van der Waals surface area contributed by atoms with Gasteiger partial charge in [-0.1, -0.05) is 19.8 Å². The molecular weight excluding hydrogens is 236 g/mol. The summed E-state index contributed by atoms with van der Waals surface area (Å²) in [7, 11) is 0. The van der Waals surface area contributed by atoms with E-state index in [2.05, 4.69) is 32.9 Å². The molecule has 2 fully saturated rings. The molecule has 4 heteroatoms. The lowest BCUT2D eigenvalue weighted by Crippen LogP contribution is -2.23. The van der Waals surface area contributed by atoms with E-state index in [0.29, 0.717) is 6.04 Å². The molecule has 2 aliphatic rings. The van der Waals surface area contributed by atoms with Gasteiger partial charge in [0.15, 0.2) is 0 Å². The van der Waals surface area contributed by atoms with Gasteiger partial charge in [-0.15, -0.1) is 0 Å². The van der Waals surface area contributed by atoms with Crippen molar-refractivity contribution in [1.82, 2.24) is 14.5 Å². The fourth-order valence-corrected chi connectivity index (χ4v) is 3.48. The zero-order chi connectivity index (χ0) is 13.1. The van der Waals surface area contributed by atoms with Gasteiger partial charge in [0.25, 0.3) is 0 Å². The molecule has 1 aromatic rings. The SMILES string of the molecule is CCN1CCC(Cn2ccnc2NC2CCCC2)C1. The van der Waals surface area contributed by atoms with Crippen LogP contribution in [0.5, 0.6) is 0 Å². The molecule has 0 aromatic carbocycles. The molecule has 0 amide bonds. The van der Waals surface area contributed by atoms with Crippen molar-refractivity contribution >= 4 is 5.95 Å². The summed E-state index contributed by atoms with van der Waals surface area (Å²) in [4.78, 5) is 7.05. The highest BCUT2D eigenvalue weighted by molar-refractivity contribution is 5.28. The van der Waals surface area contributed by atoms with Crippen LogP contribution in [0.4, 0.5) is 5.95 Å². The van der Waals surface area contributed by atoms with Crippen molar-refractivity contribution in [2.45, 2.75) is 51.6 Å². The Bertz CT molecular complexity index is 395. The van der Waals surface area contributed by atoms with Gasteiger partial charge in [-0.25, -0.2) is 4.98 Å². The average Bonchev–Trinajstić information content (AvgIpc) is 3.14.